The van der Waals surface area contributed by atoms with Crippen LogP contribution in [0.5, 0.6) is 0 Å². The van der Waals surface area contributed by atoms with Crippen LogP contribution in [-0.4, -0.2) is 0 Å². The molecule has 0 aliphatic carbocycles. The van der Waals surface area contributed by atoms with Gasteiger partial charge in [0.05, 0.1) is 22.8 Å². The van der Waals surface area contributed by atoms with Gasteiger partial charge in [-0.05, 0) is 30.3 Å². The van der Waals surface area contributed by atoms with Gasteiger partial charge in [0.25, 0.3) is 0 Å². The Balaban J connectivity index is 1.84. The molecule has 0 amide bonds. The SMILES string of the molecule is O=c1c(CNc2cccc(C(F)(F)F)c2)coc2ccccc12. The third kappa shape index (κ3) is 3.21. The smallest absolute Gasteiger partial charge is 0.416 e. The number of benzene rings is 2. The highest BCUT2D eigenvalue weighted by Crippen LogP contribution is 2.30. The van der Waals surface area contributed by atoms with Crippen molar-refractivity contribution in [1.82, 2.24) is 0 Å². The summed E-state index contributed by atoms with van der Waals surface area (Å²) in [6.07, 6.45) is -3.08. The van der Waals surface area contributed by atoms with Gasteiger partial charge in [-0.3, -0.25) is 4.79 Å². The van der Waals surface area contributed by atoms with Crippen molar-refractivity contribution in [2.45, 2.75) is 12.7 Å². The van der Waals surface area contributed by atoms with Crippen molar-refractivity contribution >= 4 is 16.7 Å². The van der Waals surface area contributed by atoms with Crippen LogP contribution >= 0.6 is 0 Å². The van der Waals surface area contributed by atoms with Crippen LogP contribution in [0.4, 0.5) is 18.9 Å². The van der Waals surface area contributed by atoms with Crippen LogP contribution in [0, 0.1) is 0 Å². The number of alkyl halides is 3. The molecule has 3 nitrogen and oxygen atoms in total. The minimum Gasteiger partial charge on any atom is -0.464 e. The van der Waals surface area contributed by atoms with E-state index in [4.69, 9.17) is 4.42 Å². The fraction of sp³-hybridized carbons (Fsp3) is 0.118. The van der Waals surface area contributed by atoms with E-state index in [9.17, 15) is 18.0 Å². The van der Waals surface area contributed by atoms with Gasteiger partial charge in [0.1, 0.15) is 5.58 Å². The minimum absolute atomic E-state index is 0.0779. The van der Waals surface area contributed by atoms with Gasteiger partial charge in [0, 0.05) is 12.2 Å². The number of halogens is 3. The second-order valence-electron chi connectivity index (χ2n) is 5.02. The predicted molar refractivity (Wildman–Crippen MR) is 81.3 cm³/mol. The molecule has 0 atom stereocenters. The largest absolute Gasteiger partial charge is 0.464 e. The summed E-state index contributed by atoms with van der Waals surface area (Å²) in [5.74, 6) is 0. The summed E-state index contributed by atoms with van der Waals surface area (Å²) in [7, 11) is 0. The molecule has 0 bridgehead atoms. The van der Waals surface area contributed by atoms with E-state index < -0.39 is 11.7 Å². The van der Waals surface area contributed by atoms with E-state index in [0.29, 0.717) is 16.5 Å². The first-order valence-corrected chi connectivity index (χ1v) is 6.86. The monoisotopic (exact) mass is 319 g/mol. The molecule has 0 aliphatic rings. The number of hydrogen-bond acceptors (Lipinski definition) is 3. The van der Waals surface area contributed by atoms with Crippen molar-refractivity contribution in [2.24, 2.45) is 0 Å². The van der Waals surface area contributed by atoms with Gasteiger partial charge in [-0.1, -0.05) is 18.2 Å². The highest BCUT2D eigenvalue weighted by molar-refractivity contribution is 5.76. The average Bonchev–Trinajstić information content (AvgIpc) is 2.54. The maximum absolute atomic E-state index is 12.7. The molecule has 0 saturated carbocycles. The molecule has 6 heteroatoms. The Bertz CT molecular complexity index is 900. The first-order chi connectivity index (χ1) is 10.9. The van der Waals surface area contributed by atoms with Gasteiger partial charge in [-0.25, -0.2) is 0 Å². The van der Waals surface area contributed by atoms with Crippen molar-refractivity contribution in [3.8, 4) is 0 Å². The Morgan fingerprint density at radius 2 is 1.83 bits per heavy atom. The molecule has 0 aliphatic heterocycles. The maximum Gasteiger partial charge on any atom is 0.416 e. The second kappa shape index (κ2) is 5.79. The Hall–Kier alpha value is -2.76. The van der Waals surface area contributed by atoms with E-state index in [2.05, 4.69) is 5.32 Å². The van der Waals surface area contributed by atoms with Crippen LogP contribution in [0.25, 0.3) is 11.0 Å². The molecule has 1 heterocycles. The minimum atomic E-state index is -4.40. The summed E-state index contributed by atoms with van der Waals surface area (Å²) in [5.41, 5.74) is 0.160. The molecule has 0 saturated heterocycles. The van der Waals surface area contributed by atoms with Gasteiger partial charge >= 0.3 is 6.18 Å². The Kier molecular flexibility index (Phi) is 3.82. The normalized spacial score (nSPS) is 11.6. The van der Waals surface area contributed by atoms with Gasteiger partial charge in [0.15, 0.2) is 5.43 Å². The molecule has 0 fully saturated rings. The fourth-order valence-corrected chi connectivity index (χ4v) is 2.24. The van der Waals surface area contributed by atoms with Crippen molar-refractivity contribution in [2.75, 3.05) is 5.32 Å². The average molecular weight is 319 g/mol. The van der Waals surface area contributed by atoms with Crippen molar-refractivity contribution in [1.29, 1.82) is 0 Å². The Labute approximate surface area is 129 Å². The van der Waals surface area contributed by atoms with Crippen LogP contribution in [0.2, 0.25) is 0 Å². The Morgan fingerprint density at radius 1 is 1.04 bits per heavy atom. The van der Waals surface area contributed by atoms with E-state index in [1.165, 1.54) is 18.4 Å². The van der Waals surface area contributed by atoms with Crippen molar-refractivity contribution in [3.05, 3.63) is 76.1 Å². The summed E-state index contributed by atoms with van der Waals surface area (Å²) >= 11 is 0. The molecule has 1 aromatic heterocycles. The molecule has 3 rings (SSSR count). The third-order valence-electron chi connectivity index (χ3n) is 3.42. The number of rotatable bonds is 3. The molecular weight excluding hydrogens is 307 g/mol. The van der Waals surface area contributed by atoms with E-state index in [1.54, 1.807) is 24.3 Å². The van der Waals surface area contributed by atoms with Gasteiger partial charge in [-0.2, -0.15) is 13.2 Å². The van der Waals surface area contributed by atoms with E-state index in [0.717, 1.165) is 12.1 Å². The number of anilines is 1. The first-order valence-electron chi connectivity index (χ1n) is 6.86. The quantitative estimate of drug-likeness (QED) is 0.777. The Morgan fingerprint density at radius 3 is 2.61 bits per heavy atom. The summed E-state index contributed by atoms with van der Waals surface area (Å²) in [4.78, 5) is 12.3. The lowest BCUT2D eigenvalue weighted by molar-refractivity contribution is -0.137. The lowest BCUT2D eigenvalue weighted by Crippen LogP contribution is -2.13. The number of para-hydroxylation sites is 1. The number of fused-ring (bicyclic) bond motifs is 1. The summed E-state index contributed by atoms with van der Waals surface area (Å²) < 4.78 is 43.4. The molecule has 0 radical (unpaired) electrons. The second-order valence-corrected chi connectivity index (χ2v) is 5.02. The lowest BCUT2D eigenvalue weighted by atomic mass is 10.1. The van der Waals surface area contributed by atoms with Crippen molar-refractivity contribution < 1.29 is 17.6 Å². The zero-order chi connectivity index (χ0) is 16.4. The summed E-state index contributed by atoms with van der Waals surface area (Å²) in [6, 6.07) is 11.6. The zero-order valence-electron chi connectivity index (χ0n) is 11.9. The van der Waals surface area contributed by atoms with Gasteiger partial charge < -0.3 is 9.73 Å². The number of hydrogen-bond donors (Lipinski definition) is 1. The molecule has 0 spiro atoms. The highest BCUT2D eigenvalue weighted by atomic mass is 19.4. The third-order valence-corrected chi connectivity index (χ3v) is 3.42. The maximum atomic E-state index is 12.7. The van der Waals surface area contributed by atoms with Crippen LogP contribution in [0.15, 0.2) is 64.0 Å². The van der Waals surface area contributed by atoms with Crippen LogP contribution in [0.3, 0.4) is 0 Å². The first kappa shape index (κ1) is 15.1. The zero-order valence-corrected chi connectivity index (χ0v) is 11.9. The molecular formula is C17H12F3NO2. The van der Waals surface area contributed by atoms with Crippen LogP contribution in [-0.2, 0) is 12.7 Å². The molecule has 118 valence electrons. The molecule has 2 aromatic carbocycles. The summed E-state index contributed by atoms with van der Waals surface area (Å²) in [6.45, 7) is 0.0779. The number of nitrogens with one attached hydrogen (secondary N) is 1. The standard InChI is InChI=1S/C17H12F3NO2/c18-17(19,20)12-4-3-5-13(8-12)21-9-11-10-23-15-7-2-1-6-14(15)16(11)22/h1-8,10,21H,9H2. The van der Waals surface area contributed by atoms with Crippen LogP contribution < -0.4 is 10.7 Å². The van der Waals surface area contributed by atoms with Gasteiger partial charge in [-0.15, -0.1) is 0 Å². The van der Waals surface area contributed by atoms with E-state index in [1.807, 2.05) is 0 Å². The van der Waals surface area contributed by atoms with E-state index >= 15 is 0 Å². The lowest BCUT2D eigenvalue weighted by Gasteiger charge is -2.10. The highest BCUT2D eigenvalue weighted by Gasteiger charge is 2.30. The molecule has 23 heavy (non-hydrogen) atoms. The van der Waals surface area contributed by atoms with Crippen molar-refractivity contribution in [3.63, 3.8) is 0 Å². The van der Waals surface area contributed by atoms with Gasteiger partial charge in [0.2, 0.25) is 0 Å². The van der Waals surface area contributed by atoms with E-state index in [-0.39, 0.29) is 17.7 Å². The topological polar surface area (TPSA) is 42.2 Å². The predicted octanol–water partition coefficient (Wildman–Crippen LogP) is 4.42. The molecule has 1 N–H and O–H groups in total. The fourth-order valence-electron chi connectivity index (χ4n) is 2.24. The molecule has 3 aromatic rings. The van der Waals surface area contributed by atoms with Crippen LogP contribution in [0.1, 0.15) is 11.1 Å². The summed E-state index contributed by atoms with van der Waals surface area (Å²) in [5, 5.41) is 3.26. The molecule has 0 unspecified atom stereocenters.